The number of carbonyl (C=O) groups is 2. The lowest BCUT2D eigenvalue weighted by Crippen LogP contribution is -2.39. The summed E-state index contributed by atoms with van der Waals surface area (Å²) in [4.78, 5) is 40.3. The summed E-state index contributed by atoms with van der Waals surface area (Å²) in [5, 5.41) is 8.22. The van der Waals surface area contributed by atoms with Crippen LogP contribution in [-0.2, 0) is 11.5 Å². The summed E-state index contributed by atoms with van der Waals surface area (Å²) in [6.45, 7) is 1.38. The molecule has 8 heteroatoms. The van der Waals surface area contributed by atoms with Gasteiger partial charge in [-0.1, -0.05) is 35.5 Å². The van der Waals surface area contributed by atoms with Crippen LogP contribution < -0.4 is 10.5 Å². The van der Waals surface area contributed by atoms with Crippen LogP contribution in [0.3, 0.4) is 0 Å². The molecule has 0 N–H and O–H groups in total. The van der Waals surface area contributed by atoms with E-state index in [-0.39, 0.29) is 12.6 Å². The van der Waals surface area contributed by atoms with Crippen molar-refractivity contribution >= 4 is 28.5 Å². The topological polar surface area (TPSA) is 88.4 Å². The molecule has 1 aromatic heterocycles. The summed E-state index contributed by atoms with van der Waals surface area (Å²) in [5.41, 5.74) is 0.687. The van der Waals surface area contributed by atoms with Crippen molar-refractivity contribution in [2.24, 2.45) is 0 Å². The second-order valence-electron chi connectivity index (χ2n) is 5.98. The number of rotatable bonds is 3. The molecule has 0 aliphatic carbocycles. The van der Waals surface area contributed by atoms with Gasteiger partial charge in [-0.2, -0.15) is 4.68 Å². The first-order valence-electron chi connectivity index (χ1n) is 8.10. The molecule has 0 saturated carbocycles. The fourth-order valence-electron chi connectivity index (χ4n) is 3.03. The second-order valence-corrected chi connectivity index (χ2v) is 5.98. The van der Waals surface area contributed by atoms with Gasteiger partial charge in [0, 0.05) is 5.69 Å². The number of urea groups is 1. The molecule has 0 spiro atoms. The molecule has 4 rings (SSSR count). The number of hydrogen-bond donors (Lipinski definition) is 0. The van der Waals surface area contributed by atoms with E-state index in [0.717, 1.165) is 9.58 Å². The SMILES string of the molecule is CC1C(=O)N(Cn2nnc3ccccc3c2=O)C(=O)N1c1ccccc1. The summed E-state index contributed by atoms with van der Waals surface area (Å²) in [6.07, 6.45) is 0. The first-order chi connectivity index (χ1) is 12.6. The largest absolute Gasteiger partial charge is 0.333 e. The molecule has 1 aliphatic heterocycles. The van der Waals surface area contributed by atoms with Crippen LogP contribution in [0.5, 0.6) is 0 Å². The van der Waals surface area contributed by atoms with E-state index in [1.54, 1.807) is 55.5 Å². The van der Waals surface area contributed by atoms with Crippen LogP contribution in [0, 0.1) is 0 Å². The fourth-order valence-corrected chi connectivity index (χ4v) is 3.03. The van der Waals surface area contributed by atoms with Crippen molar-refractivity contribution in [3.63, 3.8) is 0 Å². The van der Waals surface area contributed by atoms with Gasteiger partial charge in [-0.25, -0.2) is 9.69 Å². The number of carbonyl (C=O) groups excluding carboxylic acids is 2. The molecular formula is C18H15N5O3. The average Bonchev–Trinajstić information content (AvgIpc) is 2.88. The number of benzene rings is 2. The van der Waals surface area contributed by atoms with Crippen molar-refractivity contribution in [3.05, 3.63) is 65.0 Å². The number of fused-ring (bicyclic) bond motifs is 1. The molecule has 26 heavy (non-hydrogen) atoms. The third kappa shape index (κ3) is 2.43. The van der Waals surface area contributed by atoms with Gasteiger partial charge in [0.25, 0.3) is 11.5 Å². The number of amides is 3. The molecule has 3 aromatic rings. The van der Waals surface area contributed by atoms with Gasteiger partial charge in [0.2, 0.25) is 0 Å². The first kappa shape index (κ1) is 15.9. The third-order valence-corrected chi connectivity index (χ3v) is 4.39. The van der Waals surface area contributed by atoms with Crippen LogP contribution in [0.1, 0.15) is 6.92 Å². The maximum atomic E-state index is 12.8. The number of imide groups is 1. The van der Waals surface area contributed by atoms with Gasteiger partial charge >= 0.3 is 6.03 Å². The molecule has 8 nitrogen and oxygen atoms in total. The number of nitrogens with zero attached hydrogens (tertiary/aromatic N) is 5. The Morgan fingerprint density at radius 1 is 0.962 bits per heavy atom. The third-order valence-electron chi connectivity index (χ3n) is 4.39. The van der Waals surface area contributed by atoms with Gasteiger partial charge in [0.15, 0.2) is 0 Å². The first-order valence-corrected chi connectivity index (χ1v) is 8.10. The van der Waals surface area contributed by atoms with Crippen molar-refractivity contribution < 1.29 is 9.59 Å². The number of hydrogen-bond acceptors (Lipinski definition) is 5. The second kappa shape index (κ2) is 6.07. The summed E-state index contributed by atoms with van der Waals surface area (Å²) in [7, 11) is 0. The number of para-hydroxylation sites is 1. The van der Waals surface area contributed by atoms with Crippen LogP contribution in [0.2, 0.25) is 0 Å². The molecule has 1 saturated heterocycles. The van der Waals surface area contributed by atoms with E-state index in [0.29, 0.717) is 16.6 Å². The lowest BCUT2D eigenvalue weighted by molar-refractivity contribution is -0.128. The van der Waals surface area contributed by atoms with Gasteiger partial charge in [0.05, 0.1) is 5.39 Å². The van der Waals surface area contributed by atoms with Gasteiger partial charge in [-0.15, -0.1) is 5.10 Å². The predicted molar refractivity (Wildman–Crippen MR) is 94.4 cm³/mol. The van der Waals surface area contributed by atoms with E-state index < -0.39 is 17.6 Å². The smallest absolute Gasteiger partial charge is 0.282 e. The molecule has 1 atom stereocenters. The zero-order valence-electron chi connectivity index (χ0n) is 13.9. The van der Waals surface area contributed by atoms with Crippen molar-refractivity contribution in [1.82, 2.24) is 19.9 Å². The van der Waals surface area contributed by atoms with E-state index in [2.05, 4.69) is 10.3 Å². The number of anilines is 1. The van der Waals surface area contributed by atoms with Gasteiger partial charge in [-0.05, 0) is 31.2 Å². The molecule has 1 fully saturated rings. The van der Waals surface area contributed by atoms with E-state index >= 15 is 0 Å². The summed E-state index contributed by atoms with van der Waals surface area (Å²) in [5.74, 6) is -0.388. The summed E-state index contributed by atoms with van der Waals surface area (Å²) in [6, 6.07) is 14.6. The van der Waals surface area contributed by atoms with Crippen LogP contribution in [-0.4, -0.2) is 37.9 Å². The standard InChI is InChI=1S/C18H15N5O3/c1-12-16(24)21(18(26)23(12)13-7-3-2-4-8-13)11-22-17(25)14-9-5-6-10-15(14)19-20-22/h2-10,12H,11H2,1H3. The van der Waals surface area contributed by atoms with Crippen LogP contribution >= 0.6 is 0 Å². The molecule has 2 aromatic carbocycles. The summed E-state index contributed by atoms with van der Waals surface area (Å²) >= 11 is 0. The van der Waals surface area contributed by atoms with Crippen molar-refractivity contribution in [1.29, 1.82) is 0 Å². The zero-order valence-corrected chi connectivity index (χ0v) is 13.9. The van der Waals surface area contributed by atoms with Crippen molar-refractivity contribution in [2.45, 2.75) is 19.6 Å². The van der Waals surface area contributed by atoms with E-state index in [1.165, 1.54) is 4.90 Å². The molecule has 2 heterocycles. The Balaban J connectivity index is 1.69. The normalized spacial score (nSPS) is 17.3. The Morgan fingerprint density at radius 3 is 2.42 bits per heavy atom. The highest BCUT2D eigenvalue weighted by atomic mass is 16.2. The van der Waals surface area contributed by atoms with E-state index in [9.17, 15) is 14.4 Å². The molecule has 3 amide bonds. The Kier molecular flexibility index (Phi) is 3.72. The Morgan fingerprint density at radius 2 is 1.65 bits per heavy atom. The molecule has 1 unspecified atom stereocenters. The van der Waals surface area contributed by atoms with Gasteiger partial charge < -0.3 is 0 Å². The molecular weight excluding hydrogens is 334 g/mol. The Labute approximate surface area is 148 Å². The molecule has 0 bridgehead atoms. The lowest BCUT2D eigenvalue weighted by Gasteiger charge is -2.19. The highest BCUT2D eigenvalue weighted by molar-refractivity contribution is 6.13. The molecule has 1 aliphatic rings. The highest BCUT2D eigenvalue weighted by Crippen LogP contribution is 2.25. The van der Waals surface area contributed by atoms with Crippen molar-refractivity contribution in [2.75, 3.05) is 4.90 Å². The summed E-state index contributed by atoms with van der Waals surface area (Å²) < 4.78 is 1.03. The molecule has 130 valence electrons. The maximum absolute atomic E-state index is 12.8. The van der Waals surface area contributed by atoms with E-state index in [1.807, 2.05) is 6.07 Å². The monoisotopic (exact) mass is 349 g/mol. The van der Waals surface area contributed by atoms with E-state index in [4.69, 9.17) is 0 Å². The zero-order chi connectivity index (χ0) is 18.3. The maximum Gasteiger partial charge on any atom is 0.333 e. The number of aromatic nitrogens is 3. The minimum absolute atomic E-state index is 0.276. The fraction of sp³-hybridized carbons (Fsp3) is 0.167. The highest BCUT2D eigenvalue weighted by Gasteiger charge is 2.43. The van der Waals surface area contributed by atoms with Gasteiger partial charge in [-0.3, -0.25) is 14.5 Å². The molecule has 0 radical (unpaired) electrons. The quantitative estimate of drug-likeness (QED) is 0.670. The van der Waals surface area contributed by atoms with Gasteiger partial charge in [0.1, 0.15) is 18.2 Å². The predicted octanol–water partition coefficient (Wildman–Crippen LogP) is 1.61. The Bertz CT molecular complexity index is 1060. The Hall–Kier alpha value is -3.55. The minimum Gasteiger partial charge on any atom is -0.282 e. The lowest BCUT2D eigenvalue weighted by atomic mass is 10.2. The van der Waals surface area contributed by atoms with Crippen LogP contribution in [0.15, 0.2) is 59.4 Å². The van der Waals surface area contributed by atoms with Crippen LogP contribution in [0.4, 0.5) is 10.5 Å². The van der Waals surface area contributed by atoms with Crippen LogP contribution in [0.25, 0.3) is 10.9 Å². The minimum atomic E-state index is -0.658. The average molecular weight is 349 g/mol. The van der Waals surface area contributed by atoms with Crippen molar-refractivity contribution in [3.8, 4) is 0 Å².